The average molecular weight is 1120 g/mol. The summed E-state index contributed by atoms with van der Waals surface area (Å²) >= 11 is 0. The van der Waals surface area contributed by atoms with Crippen molar-refractivity contribution in [3.05, 3.63) is 106 Å². The molecular formula is C64H75F2N9O7. The SMILES string of the molecule is C#Cc1c(F)ccc2cc(O)cc(-c3ncc4c(N5CC6CCC(C5)N6)nc(OC[C@@H]5CCCN5CCCOCCC(=O)N[C@H](C(=O)N5C[C@H](O)C[C@H]5C(=O)N[C@@H](C)c5ccc(-c6c(C)ccc(C)c6C)cc5)C(C)(C)C)nc4c3F)c12. The molecule has 4 aliphatic heterocycles. The van der Waals surface area contributed by atoms with Gasteiger partial charge in [-0.3, -0.25) is 24.3 Å². The molecule has 432 valence electrons. The van der Waals surface area contributed by atoms with Crippen LogP contribution in [-0.2, 0) is 19.1 Å². The van der Waals surface area contributed by atoms with E-state index in [2.05, 4.69) is 86.7 Å². The summed E-state index contributed by atoms with van der Waals surface area (Å²) < 4.78 is 44.6. The molecule has 4 aliphatic rings. The van der Waals surface area contributed by atoms with Crippen LogP contribution >= 0.6 is 0 Å². The third-order valence-electron chi connectivity index (χ3n) is 17.0. The number of hydrogen-bond acceptors (Lipinski definition) is 13. The fourth-order valence-electron chi connectivity index (χ4n) is 12.5. The number of phenolic OH excluding ortho intramolecular Hbond substituents is 1. The van der Waals surface area contributed by atoms with Gasteiger partial charge in [-0.05, 0) is 129 Å². The van der Waals surface area contributed by atoms with Crippen LogP contribution in [-0.4, -0.2) is 142 Å². The van der Waals surface area contributed by atoms with Gasteiger partial charge in [-0.1, -0.05) is 69.2 Å². The number of aromatic nitrogens is 3. The number of rotatable bonds is 18. The molecule has 4 saturated heterocycles. The number of pyridine rings is 1. The van der Waals surface area contributed by atoms with Crippen molar-refractivity contribution in [3.8, 4) is 46.5 Å². The van der Waals surface area contributed by atoms with Crippen LogP contribution in [0.15, 0.2) is 66.9 Å². The number of hydrogen-bond donors (Lipinski definition) is 5. The summed E-state index contributed by atoms with van der Waals surface area (Å²) in [5.41, 5.74) is 6.00. The van der Waals surface area contributed by atoms with Crippen LogP contribution in [0.1, 0.15) is 106 Å². The third-order valence-corrected chi connectivity index (χ3v) is 17.0. The zero-order valence-corrected chi connectivity index (χ0v) is 48.0. The quantitative estimate of drug-likeness (QED) is 0.0408. The topological polar surface area (TPSA) is 195 Å². The minimum Gasteiger partial charge on any atom is -0.508 e. The van der Waals surface area contributed by atoms with Crippen LogP contribution in [0.25, 0.3) is 44.1 Å². The standard InChI is InChI=1S/C64H75F2N9O7/c1-9-48-51(65)22-19-42-28-46(76)29-49(55(42)48)57-56(66)58-50(31-67-57)60(74-32-43-20-21-44(33-74)69-43)72-63(71-58)82-35-45-12-10-24-73(45)25-11-26-81-27-23-53(78)70-59(64(6,7)8)62(80)75-34-47(77)30-52(75)61(79)68-39(5)40-15-17-41(18-16-40)54-37(3)14-13-36(2)38(54)4/h1,13-19,22,28-29,31,39,43-45,47,52,59,69,76-77H,10-12,20-21,23-27,30,32-35H2,2-8H3,(H,68,79)(H,70,78)/t39-,43?,44?,45-,47+,52-,59+/m0/s1. The Bertz CT molecular complexity index is 3430. The maximum absolute atomic E-state index is 17.1. The number of carbonyl (C=O) groups is 3. The molecule has 10 rings (SSSR count). The number of aromatic hydroxyl groups is 1. The molecule has 82 heavy (non-hydrogen) atoms. The van der Waals surface area contributed by atoms with Crippen molar-refractivity contribution in [2.75, 3.05) is 57.4 Å². The summed E-state index contributed by atoms with van der Waals surface area (Å²) in [7, 11) is 0. The number of phenols is 1. The highest BCUT2D eigenvalue weighted by Crippen LogP contribution is 2.40. The minimum absolute atomic E-state index is 0.0134. The molecule has 2 bridgehead atoms. The fourth-order valence-corrected chi connectivity index (χ4v) is 12.5. The van der Waals surface area contributed by atoms with Gasteiger partial charge in [-0.25, -0.2) is 8.78 Å². The van der Waals surface area contributed by atoms with Crippen LogP contribution in [0.2, 0.25) is 0 Å². The fraction of sp³-hybridized carbons (Fsp3) is 0.469. The summed E-state index contributed by atoms with van der Waals surface area (Å²) in [6.07, 6.45) is 11.0. The smallest absolute Gasteiger partial charge is 0.319 e. The third kappa shape index (κ3) is 12.2. The number of anilines is 1. The lowest BCUT2D eigenvalue weighted by Crippen LogP contribution is -2.58. The predicted molar refractivity (Wildman–Crippen MR) is 312 cm³/mol. The second-order valence-electron chi connectivity index (χ2n) is 23.9. The molecule has 5 N–H and O–H groups in total. The van der Waals surface area contributed by atoms with Crippen molar-refractivity contribution in [2.45, 2.75) is 136 Å². The lowest BCUT2D eigenvalue weighted by molar-refractivity contribution is -0.144. The zero-order valence-electron chi connectivity index (χ0n) is 48.0. The highest BCUT2D eigenvalue weighted by molar-refractivity contribution is 6.03. The number of halogens is 2. The first-order valence-corrected chi connectivity index (χ1v) is 28.8. The second kappa shape index (κ2) is 24.3. The Kier molecular flexibility index (Phi) is 17.1. The zero-order chi connectivity index (χ0) is 58.1. The normalized spacial score (nSPS) is 20.8. The largest absolute Gasteiger partial charge is 0.508 e. The van der Waals surface area contributed by atoms with Crippen LogP contribution in [0.5, 0.6) is 11.8 Å². The number of fused-ring (bicyclic) bond motifs is 4. The van der Waals surface area contributed by atoms with Crippen molar-refractivity contribution in [3.63, 3.8) is 0 Å². The number of aliphatic hydroxyl groups is 1. The molecule has 6 heterocycles. The molecule has 3 amide bonds. The highest BCUT2D eigenvalue weighted by atomic mass is 19.1. The van der Waals surface area contributed by atoms with E-state index in [1.165, 1.54) is 57.6 Å². The van der Waals surface area contributed by atoms with E-state index < -0.39 is 41.1 Å². The number of β-amino-alcohol motifs (C(OH)–C–C–N with tert-alkyl or cyclic N) is 1. The number of nitrogens with zero attached hydrogens (tertiary/aromatic N) is 6. The van der Waals surface area contributed by atoms with E-state index in [4.69, 9.17) is 20.9 Å². The molecule has 4 aromatic carbocycles. The van der Waals surface area contributed by atoms with Gasteiger partial charge < -0.3 is 45.4 Å². The first-order valence-electron chi connectivity index (χ1n) is 28.8. The van der Waals surface area contributed by atoms with Gasteiger partial charge in [-0.2, -0.15) is 9.97 Å². The summed E-state index contributed by atoms with van der Waals surface area (Å²) in [4.78, 5) is 61.6. The van der Waals surface area contributed by atoms with E-state index in [9.17, 15) is 24.6 Å². The summed E-state index contributed by atoms with van der Waals surface area (Å²) in [5.74, 6) is 0.136. The van der Waals surface area contributed by atoms with Gasteiger partial charge in [0.25, 0.3) is 0 Å². The number of nitrogens with one attached hydrogen (secondary N) is 3. The Hall–Kier alpha value is -7.30. The molecule has 7 atom stereocenters. The van der Waals surface area contributed by atoms with Gasteiger partial charge in [0.1, 0.15) is 47.3 Å². The average Bonchev–Trinajstić information content (AvgIpc) is 4.26. The van der Waals surface area contributed by atoms with Crippen molar-refractivity contribution in [1.29, 1.82) is 0 Å². The minimum atomic E-state index is -0.967. The predicted octanol–water partition coefficient (Wildman–Crippen LogP) is 8.35. The van der Waals surface area contributed by atoms with Crippen LogP contribution in [0.4, 0.5) is 14.6 Å². The summed E-state index contributed by atoms with van der Waals surface area (Å²) in [6, 6.07) is 16.1. The molecule has 0 aliphatic carbocycles. The Balaban J connectivity index is 0.731. The van der Waals surface area contributed by atoms with Gasteiger partial charge in [0.2, 0.25) is 17.7 Å². The maximum Gasteiger partial charge on any atom is 0.319 e. The number of piperazine rings is 1. The van der Waals surface area contributed by atoms with Crippen LogP contribution < -0.4 is 25.6 Å². The van der Waals surface area contributed by atoms with Gasteiger partial charge in [0, 0.05) is 80.9 Å². The van der Waals surface area contributed by atoms with E-state index >= 15 is 8.78 Å². The Morgan fingerprint density at radius 2 is 1.68 bits per heavy atom. The molecule has 0 spiro atoms. The van der Waals surface area contributed by atoms with E-state index in [0.29, 0.717) is 49.3 Å². The molecule has 2 unspecified atom stereocenters. The Morgan fingerprint density at radius 3 is 2.41 bits per heavy atom. The maximum atomic E-state index is 17.1. The Labute approximate surface area is 478 Å². The molecule has 2 aromatic heterocycles. The van der Waals surface area contributed by atoms with E-state index in [1.807, 2.05) is 39.8 Å². The molecule has 4 fully saturated rings. The van der Waals surface area contributed by atoms with Gasteiger partial charge in [-0.15, -0.1) is 6.42 Å². The summed E-state index contributed by atoms with van der Waals surface area (Å²) in [6.45, 7) is 17.4. The van der Waals surface area contributed by atoms with Gasteiger partial charge >= 0.3 is 6.01 Å². The molecule has 16 nitrogen and oxygen atoms in total. The number of carbonyl (C=O) groups excluding carboxylic acids is 3. The van der Waals surface area contributed by atoms with E-state index in [-0.39, 0.29) is 108 Å². The lowest BCUT2D eigenvalue weighted by Gasteiger charge is -2.35. The highest BCUT2D eigenvalue weighted by Gasteiger charge is 2.45. The van der Waals surface area contributed by atoms with Crippen molar-refractivity contribution in [2.24, 2.45) is 5.41 Å². The Morgan fingerprint density at radius 1 is 0.939 bits per heavy atom. The monoisotopic (exact) mass is 1120 g/mol. The molecule has 6 aromatic rings. The number of benzene rings is 4. The first-order chi connectivity index (χ1) is 39.3. The van der Waals surface area contributed by atoms with Gasteiger partial charge in [0.15, 0.2) is 5.82 Å². The molecule has 0 radical (unpaired) electrons. The number of aliphatic hydroxyl groups excluding tert-OH is 1. The first kappa shape index (κ1) is 57.9. The number of ether oxygens (including phenoxy) is 2. The van der Waals surface area contributed by atoms with Gasteiger partial charge in [0.05, 0.1) is 29.7 Å². The van der Waals surface area contributed by atoms with Crippen molar-refractivity contribution >= 4 is 45.2 Å². The number of terminal acetylenes is 1. The van der Waals surface area contributed by atoms with E-state index in [1.54, 1.807) is 0 Å². The second-order valence-corrected chi connectivity index (χ2v) is 23.9. The van der Waals surface area contributed by atoms with Crippen molar-refractivity contribution in [1.82, 2.24) is 40.7 Å². The van der Waals surface area contributed by atoms with Crippen LogP contribution in [0.3, 0.4) is 0 Å². The number of amides is 3. The lowest BCUT2D eigenvalue weighted by atomic mass is 9.85. The molecule has 0 saturated carbocycles. The molecular weight excluding hydrogens is 1040 g/mol. The number of likely N-dealkylation sites (tertiary alicyclic amines) is 2. The van der Waals surface area contributed by atoms with Crippen molar-refractivity contribution < 1.29 is 42.9 Å². The van der Waals surface area contributed by atoms with Crippen LogP contribution in [0, 0.1) is 50.2 Å². The number of aryl methyl sites for hydroxylation is 2. The summed E-state index contributed by atoms with van der Waals surface area (Å²) in [5, 5.41) is 32.2. The van der Waals surface area contributed by atoms with E-state index in [0.717, 1.165) is 43.4 Å². The molecule has 18 heteroatoms.